The number of nitrogens with zero attached hydrogens (tertiary/aromatic N) is 5. The number of aliphatic hydroxyl groups excluding tert-OH is 1. The van der Waals surface area contributed by atoms with Crippen LogP contribution in [0, 0.1) is 5.92 Å². The van der Waals surface area contributed by atoms with Gasteiger partial charge < -0.3 is 14.7 Å². The Hall–Kier alpha value is -4.37. The summed E-state index contributed by atoms with van der Waals surface area (Å²) < 4.78 is 5.10. The number of allylic oxidation sites excluding steroid dienone is 1. The van der Waals surface area contributed by atoms with Crippen molar-refractivity contribution >= 4 is 28.6 Å². The maximum Gasteiger partial charge on any atom is 0.230 e. The maximum atomic E-state index is 13.7. The fraction of sp³-hybridized carbons (Fsp3) is 0.276. The molecule has 5 rings (SSSR count). The zero-order valence-corrected chi connectivity index (χ0v) is 21.2. The van der Waals surface area contributed by atoms with E-state index in [0.29, 0.717) is 23.6 Å². The number of H-pyrrole nitrogens is 1. The van der Waals surface area contributed by atoms with Crippen LogP contribution in [0.1, 0.15) is 36.9 Å². The number of benzene rings is 1. The molecule has 2 unspecified atom stereocenters. The van der Waals surface area contributed by atoms with Crippen LogP contribution in [0.4, 0.5) is 5.69 Å². The van der Waals surface area contributed by atoms with E-state index in [0.717, 1.165) is 47.0 Å². The number of amides is 1. The number of carbonyl (C=O) groups excluding carboxylic acids is 1. The van der Waals surface area contributed by atoms with Crippen LogP contribution in [0.3, 0.4) is 0 Å². The number of aromatic amines is 1. The van der Waals surface area contributed by atoms with Gasteiger partial charge in [-0.3, -0.25) is 24.8 Å². The first-order valence-corrected chi connectivity index (χ1v) is 12.6. The molecule has 3 aromatic heterocycles. The number of hydrogen-bond acceptors (Lipinski definition) is 7. The molecule has 9 heteroatoms. The summed E-state index contributed by atoms with van der Waals surface area (Å²) in [6.07, 6.45) is 14.4. The first-order chi connectivity index (χ1) is 18.5. The van der Waals surface area contributed by atoms with Crippen molar-refractivity contribution in [1.29, 1.82) is 0 Å². The predicted molar refractivity (Wildman–Crippen MR) is 146 cm³/mol. The number of anilines is 1. The quantitative estimate of drug-likeness (QED) is 0.261. The fourth-order valence-corrected chi connectivity index (χ4v) is 4.70. The smallest absolute Gasteiger partial charge is 0.230 e. The zero-order valence-electron chi connectivity index (χ0n) is 21.2. The van der Waals surface area contributed by atoms with E-state index in [9.17, 15) is 9.90 Å². The van der Waals surface area contributed by atoms with Crippen LogP contribution in [0.15, 0.2) is 73.7 Å². The highest BCUT2D eigenvalue weighted by Gasteiger charge is 2.31. The fourth-order valence-electron chi connectivity index (χ4n) is 4.70. The largest absolute Gasteiger partial charge is 0.497 e. The standard InChI is InChI=1S/C29H30N6O3/c1-19(38-2)6-7-20-10-25(16-30-13-20)35(29(37)22-4-3-5-26(36)12-22)18-24-15-32-28(17-31-24)21-8-9-27-23(11-21)14-33-34-27/h6-11,13-17,22,26,36H,1,3-5,12,18H2,2H3,(H,33,34)/b7-6+. The van der Waals surface area contributed by atoms with Crippen molar-refractivity contribution in [3.05, 3.63) is 84.9 Å². The van der Waals surface area contributed by atoms with E-state index in [1.54, 1.807) is 49.1 Å². The average Bonchev–Trinajstić information content (AvgIpc) is 3.43. The van der Waals surface area contributed by atoms with Gasteiger partial charge in [0.15, 0.2) is 0 Å². The molecule has 194 valence electrons. The number of hydrogen-bond donors (Lipinski definition) is 2. The lowest BCUT2D eigenvalue weighted by Crippen LogP contribution is -2.39. The SMILES string of the molecule is C=C(/C=C/c1cncc(N(Cc2cnc(-c3ccc4[nH]ncc4c3)cn2)C(=O)C2CCCC(O)C2)c1)OC. The second-order valence-electron chi connectivity index (χ2n) is 9.49. The second kappa shape index (κ2) is 11.4. The predicted octanol–water partition coefficient (Wildman–Crippen LogP) is 4.67. The van der Waals surface area contributed by atoms with Gasteiger partial charge in [0, 0.05) is 23.1 Å². The molecule has 38 heavy (non-hydrogen) atoms. The molecule has 0 saturated heterocycles. The van der Waals surface area contributed by atoms with Crippen molar-refractivity contribution in [2.24, 2.45) is 5.92 Å². The third-order valence-corrected chi connectivity index (χ3v) is 6.80. The summed E-state index contributed by atoms with van der Waals surface area (Å²) >= 11 is 0. The normalized spacial score (nSPS) is 17.5. The van der Waals surface area contributed by atoms with Gasteiger partial charge in [0.1, 0.15) is 5.76 Å². The zero-order chi connectivity index (χ0) is 26.5. The third-order valence-electron chi connectivity index (χ3n) is 6.80. The molecule has 0 radical (unpaired) electrons. The van der Waals surface area contributed by atoms with Crippen LogP contribution in [0.2, 0.25) is 0 Å². The molecule has 9 nitrogen and oxygen atoms in total. The van der Waals surface area contributed by atoms with Crippen LogP contribution in [-0.4, -0.2) is 49.4 Å². The molecule has 4 aromatic rings. The molecule has 0 aliphatic heterocycles. The van der Waals surface area contributed by atoms with Crippen LogP contribution < -0.4 is 4.90 Å². The van der Waals surface area contributed by atoms with Crippen molar-refractivity contribution in [3.63, 3.8) is 0 Å². The molecular formula is C29H30N6O3. The number of ether oxygens (including phenoxy) is 1. The number of pyridine rings is 1. The maximum absolute atomic E-state index is 13.7. The molecule has 1 aromatic carbocycles. The minimum Gasteiger partial charge on any atom is -0.497 e. The van der Waals surface area contributed by atoms with Crippen molar-refractivity contribution in [3.8, 4) is 11.3 Å². The van der Waals surface area contributed by atoms with Gasteiger partial charge in [0.25, 0.3) is 0 Å². The Balaban J connectivity index is 1.42. The van der Waals surface area contributed by atoms with Crippen molar-refractivity contribution < 1.29 is 14.6 Å². The molecule has 1 fully saturated rings. The number of aliphatic hydroxyl groups is 1. The molecule has 1 aliphatic carbocycles. The van der Waals surface area contributed by atoms with Gasteiger partial charge in [-0.1, -0.05) is 19.1 Å². The summed E-state index contributed by atoms with van der Waals surface area (Å²) in [5.41, 5.74) is 4.73. The minimum atomic E-state index is -0.460. The van der Waals surface area contributed by atoms with E-state index >= 15 is 0 Å². The van der Waals surface area contributed by atoms with Gasteiger partial charge in [-0.05, 0) is 55.2 Å². The first-order valence-electron chi connectivity index (χ1n) is 12.6. The lowest BCUT2D eigenvalue weighted by Gasteiger charge is -2.31. The van der Waals surface area contributed by atoms with Gasteiger partial charge in [0.05, 0.1) is 67.1 Å². The summed E-state index contributed by atoms with van der Waals surface area (Å²) in [6.45, 7) is 4.04. The van der Waals surface area contributed by atoms with Gasteiger partial charge in [-0.2, -0.15) is 5.10 Å². The van der Waals surface area contributed by atoms with E-state index in [2.05, 4.69) is 31.7 Å². The Morgan fingerprint density at radius 2 is 2.08 bits per heavy atom. The third kappa shape index (κ3) is 5.78. The number of rotatable bonds is 8. The summed E-state index contributed by atoms with van der Waals surface area (Å²) in [5.74, 6) is 0.200. The highest BCUT2D eigenvalue weighted by Crippen LogP contribution is 2.29. The molecule has 3 heterocycles. The number of carbonyl (C=O) groups is 1. The van der Waals surface area contributed by atoms with Crippen LogP contribution >= 0.6 is 0 Å². The topological polar surface area (TPSA) is 117 Å². The monoisotopic (exact) mass is 510 g/mol. The van der Waals surface area contributed by atoms with E-state index in [-0.39, 0.29) is 18.4 Å². The Bertz CT molecular complexity index is 1460. The Morgan fingerprint density at radius 1 is 1.18 bits per heavy atom. The minimum absolute atomic E-state index is 0.0516. The molecule has 0 spiro atoms. The summed E-state index contributed by atoms with van der Waals surface area (Å²) in [6, 6.07) is 7.83. The van der Waals surface area contributed by atoms with E-state index in [4.69, 9.17) is 4.74 Å². The van der Waals surface area contributed by atoms with Gasteiger partial charge >= 0.3 is 0 Å². The van der Waals surface area contributed by atoms with E-state index < -0.39 is 6.10 Å². The van der Waals surface area contributed by atoms with Crippen molar-refractivity contribution in [1.82, 2.24) is 25.1 Å². The van der Waals surface area contributed by atoms with Crippen LogP contribution in [-0.2, 0) is 16.1 Å². The lowest BCUT2D eigenvalue weighted by atomic mass is 9.86. The Labute approximate surface area is 220 Å². The molecule has 2 N–H and O–H groups in total. The Morgan fingerprint density at radius 3 is 2.87 bits per heavy atom. The van der Waals surface area contributed by atoms with Crippen LogP contribution in [0.25, 0.3) is 28.2 Å². The van der Waals surface area contributed by atoms with E-state index in [1.807, 2.05) is 30.3 Å². The number of aromatic nitrogens is 5. The average molecular weight is 511 g/mol. The van der Waals surface area contributed by atoms with Crippen molar-refractivity contribution in [2.75, 3.05) is 12.0 Å². The number of fused-ring (bicyclic) bond motifs is 1. The van der Waals surface area contributed by atoms with Gasteiger partial charge in [-0.25, -0.2) is 0 Å². The van der Waals surface area contributed by atoms with Crippen molar-refractivity contribution in [2.45, 2.75) is 38.3 Å². The van der Waals surface area contributed by atoms with E-state index in [1.165, 1.54) is 0 Å². The molecule has 1 aliphatic rings. The summed E-state index contributed by atoms with van der Waals surface area (Å²) in [4.78, 5) is 29.0. The number of methoxy groups -OCH3 is 1. The second-order valence-corrected chi connectivity index (χ2v) is 9.49. The van der Waals surface area contributed by atoms with Crippen LogP contribution in [0.5, 0.6) is 0 Å². The van der Waals surface area contributed by atoms with Gasteiger partial charge in [-0.15, -0.1) is 0 Å². The Kier molecular flexibility index (Phi) is 7.55. The number of nitrogens with one attached hydrogen (secondary N) is 1. The molecule has 1 saturated carbocycles. The van der Waals surface area contributed by atoms with Gasteiger partial charge in [0.2, 0.25) is 5.91 Å². The summed E-state index contributed by atoms with van der Waals surface area (Å²) in [5, 5.41) is 18.2. The molecular weight excluding hydrogens is 480 g/mol. The highest BCUT2D eigenvalue weighted by molar-refractivity contribution is 5.95. The molecule has 1 amide bonds. The highest BCUT2D eigenvalue weighted by atomic mass is 16.5. The molecule has 0 bridgehead atoms. The molecule has 2 atom stereocenters. The summed E-state index contributed by atoms with van der Waals surface area (Å²) in [7, 11) is 1.56. The first kappa shape index (κ1) is 25.3. The lowest BCUT2D eigenvalue weighted by molar-refractivity contribution is -0.124.